The van der Waals surface area contributed by atoms with Crippen molar-refractivity contribution in [3.8, 4) is 0 Å². The number of esters is 3. The number of nitrogens with zero attached hydrogens (tertiary/aromatic N) is 1. The number of rotatable bonds is 11. The number of carbonyl (C=O) groups excluding carboxylic acids is 6. The van der Waals surface area contributed by atoms with Crippen LogP contribution in [0.25, 0.3) is 0 Å². The highest BCUT2D eigenvalue weighted by Gasteiger charge is 2.68. The molecule has 2 aromatic carbocycles. The molecule has 6 aliphatic rings. The third kappa shape index (κ3) is 11.7. The Hall–Kier alpha value is -5.84. The summed E-state index contributed by atoms with van der Waals surface area (Å²) >= 11 is 0. The van der Waals surface area contributed by atoms with Crippen LogP contribution in [0.4, 0.5) is 5.69 Å². The van der Waals surface area contributed by atoms with Crippen molar-refractivity contribution in [2.24, 2.45) is 45.8 Å². The molecule has 0 spiro atoms. The van der Waals surface area contributed by atoms with Gasteiger partial charge in [-0.3, -0.25) is 24.5 Å². The number of nitrogens with one attached hydrogen (secondary N) is 1. The monoisotopic (exact) mass is 1020 g/mol. The number of para-hydroxylation sites is 1. The number of aliphatic hydroxyl groups is 3. The van der Waals surface area contributed by atoms with Gasteiger partial charge in [-0.15, -0.1) is 0 Å². The maximum Gasteiger partial charge on any atom is 0.339 e. The highest BCUT2D eigenvalue weighted by molar-refractivity contribution is 6.00. The molecular weight excluding hydrogens is 949 g/mol. The zero-order valence-corrected chi connectivity index (χ0v) is 44.7. The van der Waals surface area contributed by atoms with E-state index in [1.165, 1.54) is 25.3 Å². The van der Waals surface area contributed by atoms with Gasteiger partial charge in [-0.1, -0.05) is 103 Å². The van der Waals surface area contributed by atoms with E-state index in [2.05, 4.69) is 33.0 Å². The van der Waals surface area contributed by atoms with Crippen molar-refractivity contribution in [3.05, 3.63) is 110 Å². The first-order chi connectivity index (χ1) is 34.7. The first kappa shape index (κ1) is 57.4. The largest absolute Gasteiger partial charge is 0.466 e. The number of hydrogen-bond acceptors (Lipinski definition) is 15. The average Bonchev–Trinajstić information content (AvgIpc) is 3.61. The van der Waals surface area contributed by atoms with E-state index < -0.39 is 58.3 Å². The van der Waals surface area contributed by atoms with Gasteiger partial charge in [0, 0.05) is 47.2 Å². The quantitative estimate of drug-likeness (QED) is 0.0712. The number of ketones is 3. The summed E-state index contributed by atoms with van der Waals surface area (Å²) in [4.78, 5) is 86.0. The smallest absolute Gasteiger partial charge is 0.339 e. The molecule has 0 bridgehead atoms. The summed E-state index contributed by atoms with van der Waals surface area (Å²) in [7, 11) is 1.22. The summed E-state index contributed by atoms with van der Waals surface area (Å²) in [6.45, 7) is 17.2. The Morgan fingerprint density at radius 3 is 2.14 bits per heavy atom. The van der Waals surface area contributed by atoms with Crippen molar-refractivity contribution in [1.29, 1.82) is 0 Å². The number of nitro benzene ring substituents is 1. The molecule has 4 fully saturated rings. The van der Waals surface area contributed by atoms with Gasteiger partial charge in [-0.25, -0.2) is 14.4 Å². The van der Waals surface area contributed by atoms with Gasteiger partial charge in [-0.05, 0) is 111 Å². The molecule has 0 radical (unpaired) electrons. The number of nitro groups is 1. The summed E-state index contributed by atoms with van der Waals surface area (Å²) in [5.74, 6) is -2.32. The molecule has 1 heterocycles. The van der Waals surface area contributed by atoms with Gasteiger partial charge < -0.3 is 34.8 Å². The summed E-state index contributed by atoms with van der Waals surface area (Å²) in [6.07, 6.45) is 7.46. The number of methoxy groups -OCH3 is 1. The van der Waals surface area contributed by atoms with Crippen LogP contribution >= 0.6 is 0 Å². The zero-order valence-electron chi connectivity index (χ0n) is 44.7. The summed E-state index contributed by atoms with van der Waals surface area (Å²) in [5.41, 5.74) is 0.494. The van der Waals surface area contributed by atoms with Crippen molar-refractivity contribution in [2.45, 2.75) is 150 Å². The Kier molecular flexibility index (Phi) is 17.8. The molecule has 8 rings (SSSR count). The molecule has 1 aliphatic heterocycles. The van der Waals surface area contributed by atoms with Crippen LogP contribution in [-0.2, 0) is 43.0 Å². The van der Waals surface area contributed by atoms with Crippen LogP contribution in [0.5, 0.6) is 0 Å². The van der Waals surface area contributed by atoms with Crippen LogP contribution in [0.2, 0.25) is 0 Å². The van der Waals surface area contributed by atoms with E-state index in [-0.39, 0.29) is 87.6 Å². The molecule has 0 aromatic heterocycles. The molecule has 4 saturated carbocycles. The number of dihydropyridines is 1. The SMILES string of the molecule is CC1CC(OC(=O)C(O)c2ccccc2)CC(C)(C)C1.COC(=O)C1=C(C)NC(C)=C(C(=O)OCC(C)C)C1c1ccccc1[N+](=O)[O-].C[C@]12CCC(=O)C=C1CC[C@@H]1[C@@H]2C(=O)C[C@@]2(C)[C@H]1CC[C@]2(O)C(=O)CO. The fourth-order valence-electron chi connectivity index (χ4n) is 13.5. The van der Waals surface area contributed by atoms with Crippen molar-refractivity contribution >= 4 is 40.9 Å². The van der Waals surface area contributed by atoms with Crippen molar-refractivity contribution < 1.29 is 63.2 Å². The Bertz CT molecular complexity index is 2600. The Morgan fingerprint density at radius 1 is 0.892 bits per heavy atom. The fraction of sp³-hybridized carbons (Fsp3) is 0.586. The second-order valence-corrected chi connectivity index (χ2v) is 23.1. The topological polar surface area (TPSA) is 246 Å². The molecule has 16 heteroatoms. The number of ether oxygens (including phenoxy) is 3. The van der Waals surface area contributed by atoms with Crippen molar-refractivity contribution in [2.75, 3.05) is 20.3 Å². The minimum Gasteiger partial charge on any atom is -0.466 e. The predicted octanol–water partition coefficient (Wildman–Crippen LogP) is 8.67. The van der Waals surface area contributed by atoms with E-state index in [1.807, 2.05) is 26.8 Å². The number of carbonyl (C=O) groups is 6. The standard InChI is InChI=1S/C21H28O5.C20H24N2O6.C17H24O3/c1-19-7-5-13(23)9-12(19)3-4-14-15-6-8-21(26,17(25)11-22)20(15,2)10-16(24)18(14)19;1-11(2)10-28-20(24)17-13(4)21-12(3)16(19(23)27-5)18(17)14-8-6-7-9-15(14)22(25)26;1-12-9-14(11-17(2,3)10-12)20-16(19)15(18)13-7-5-4-6-8-13/h9,14-15,18,22,26H,3-8,10-11H2,1-2H3;6-9,11,18,21H,10H2,1-5H3;4-8,12,14-15,18H,9-11H2,1-3H3/t14-,15-,18+,19-,20-,21-;;/m0../s1. The maximum absolute atomic E-state index is 13.3. The summed E-state index contributed by atoms with van der Waals surface area (Å²) < 4.78 is 15.8. The van der Waals surface area contributed by atoms with E-state index >= 15 is 0 Å². The Labute approximate surface area is 434 Å². The molecule has 16 nitrogen and oxygen atoms in total. The second-order valence-electron chi connectivity index (χ2n) is 23.1. The van der Waals surface area contributed by atoms with E-state index in [0.29, 0.717) is 48.6 Å². The molecule has 0 saturated heterocycles. The number of Topliss-reactive ketones (excluding diaryl/α,β-unsaturated/α-hetero) is 2. The van der Waals surface area contributed by atoms with Gasteiger partial charge in [0.15, 0.2) is 17.7 Å². The molecule has 74 heavy (non-hydrogen) atoms. The van der Waals surface area contributed by atoms with Crippen LogP contribution in [0.15, 0.2) is 88.8 Å². The molecule has 4 N–H and O–H groups in total. The van der Waals surface area contributed by atoms with Gasteiger partial charge in [0.1, 0.15) is 24.1 Å². The molecule has 0 amide bonds. The molecule has 10 atom stereocenters. The van der Waals surface area contributed by atoms with Crippen molar-refractivity contribution in [1.82, 2.24) is 5.32 Å². The lowest BCUT2D eigenvalue weighted by Gasteiger charge is -2.57. The van der Waals surface area contributed by atoms with Crippen LogP contribution < -0.4 is 5.32 Å². The highest BCUT2D eigenvalue weighted by atomic mass is 16.6. The Balaban J connectivity index is 0.000000183. The number of benzene rings is 2. The van der Waals surface area contributed by atoms with Crippen molar-refractivity contribution in [3.63, 3.8) is 0 Å². The number of fused-ring (bicyclic) bond motifs is 5. The lowest BCUT2D eigenvalue weighted by molar-refractivity contribution is -0.385. The predicted molar refractivity (Wildman–Crippen MR) is 274 cm³/mol. The third-order valence-electron chi connectivity index (χ3n) is 16.8. The van der Waals surface area contributed by atoms with Gasteiger partial charge in [0.05, 0.1) is 35.7 Å². The van der Waals surface area contributed by atoms with Crippen LogP contribution in [0.1, 0.15) is 150 Å². The minimum absolute atomic E-state index is 0.0837. The molecule has 402 valence electrons. The lowest BCUT2D eigenvalue weighted by Crippen LogP contribution is -2.60. The molecule has 4 unspecified atom stereocenters. The van der Waals surface area contributed by atoms with E-state index in [9.17, 15) is 54.2 Å². The van der Waals surface area contributed by atoms with Gasteiger partial charge in [0.25, 0.3) is 5.69 Å². The molecule has 2 aromatic rings. The Morgan fingerprint density at radius 2 is 1.53 bits per heavy atom. The van der Waals surface area contributed by atoms with Crippen LogP contribution in [0, 0.1) is 55.9 Å². The third-order valence-corrected chi connectivity index (χ3v) is 16.8. The molecule has 5 aliphatic carbocycles. The number of aliphatic hydroxyl groups excluding tert-OH is 2. The summed E-state index contributed by atoms with van der Waals surface area (Å²) in [5, 5.41) is 45.1. The van der Waals surface area contributed by atoms with E-state index in [1.54, 1.807) is 50.3 Å². The van der Waals surface area contributed by atoms with Gasteiger partial charge >= 0.3 is 17.9 Å². The fourth-order valence-corrected chi connectivity index (χ4v) is 13.5. The van der Waals surface area contributed by atoms with Gasteiger partial charge in [0.2, 0.25) is 0 Å². The molecular formula is C58H76N2O14. The zero-order chi connectivity index (χ0) is 54.7. The van der Waals surface area contributed by atoms with Crippen LogP contribution in [-0.4, -0.2) is 87.5 Å². The number of allylic oxidation sites excluding steroid dienone is 3. The average molecular weight is 1030 g/mol. The lowest BCUT2D eigenvalue weighted by atomic mass is 9.46. The van der Waals surface area contributed by atoms with Gasteiger partial charge in [-0.2, -0.15) is 0 Å². The minimum atomic E-state index is -1.60. The highest BCUT2D eigenvalue weighted by Crippen LogP contribution is 2.66. The summed E-state index contributed by atoms with van der Waals surface area (Å²) in [6, 6.07) is 15.0. The second kappa shape index (κ2) is 23.0. The first-order valence-electron chi connectivity index (χ1n) is 26.0. The maximum atomic E-state index is 13.3. The normalized spacial score (nSPS) is 30.3. The first-order valence-corrected chi connectivity index (χ1v) is 26.0. The number of hydrogen-bond donors (Lipinski definition) is 4. The van der Waals surface area contributed by atoms with Crippen LogP contribution in [0.3, 0.4) is 0 Å². The van der Waals surface area contributed by atoms with E-state index in [4.69, 9.17) is 14.2 Å². The van der Waals surface area contributed by atoms with E-state index in [0.717, 1.165) is 37.7 Å².